The van der Waals surface area contributed by atoms with Crippen LogP contribution in [0.4, 0.5) is 5.82 Å². The lowest BCUT2D eigenvalue weighted by atomic mass is 10.1. The van der Waals surface area contributed by atoms with Crippen molar-refractivity contribution in [3.63, 3.8) is 0 Å². The number of carbonyl (C=O) groups is 1. The van der Waals surface area contributed by atoms with E-state index < -0.39 is 0 Å². The fraction of sp³-hybridized carbons (Fsp3) is 0.296. The van der Waals surface area contributed by atoms with Gasteiger partial charge in [-0.25, -0.2) is 0 Å². The first-order valence-electron chi connectivity index (χ1n) is 11.6. The number of nitrogens with zero attached hydrogens (tertiary/aromatic N) is 4. The zero-order valence-electron chi connectivity index (χ0n) is 20.8. The second-order valence-corrected chi connectivity index (χ2v) is 8.99. The van der Waals surface area contributed by atoms with E-state index in [0.717, 1.165) is 17.5 Å². The predicted octanol–water partition coefficient (Wildman–Crippen LogP) is 4.00. The Labute approximate surface area is 204 Å². The van der Waals surface area contributed by atoms with Crippen molar-refractivity contribution in [3.05, 3.63) is 82.4 Å². The monoisotopic (exact) mass is 473 g/mol. The number of benzene rings is 2. The summed E-state index contributed by atoms with van der Waals surface area (Å²) >= 11 is 0. The molecule has 8 heteroatoms. The largest absolute Gasteiger partial charge is 0.492 e. The highest BCUT2D eigenvalue weighted by Gasteiger charge is 2.13. The number of fused-ring (bicyclic) bond motifs is 1. The van der Waals surface area contributed by atoms with Crippen LogP contribution in [0, 0.1) is 6.92 Å². The van der Waals surface area contributed by atoms with Crippen molar-refractivity contribution in [3.8, 4) is 11.4 Å². The van der Waals surface area contributed by atoms with Gasteiger partial charge in [-0.3, -0.25) is 18.8 Å². The van der Waals surface area contributed by atoms with Gasteiger partial charge in [0, 0.05) is 43.7 Å². The predicted molar refractivity (Wildman–Crippen MR) is 139 cm³/mol. The average Bonchev–Trinajstić information content (AvgIpc) is 3.24. The highest BCUT2D eigenvalue weighted by atomic mass is 16.5. The number of aryl methyl sites for hydroxylation is 2. The summed E-state index contributed by atoms with van der Waals surface area (Å²) in [7, 11) is 3.84. The molecule has 2 aromatic carbocycles. The molecule has 0 aliphatic heterocycles. The first-order valence-corrected chi connectivity index (χ1v) is 11.6. The Hall–Kier alpha value is -3.91. The smallest absolute Gasteiger partial charge is 0.263 e. The number of aromatic nitrogens is 3. The Balaban J connectivity index is 1.62. The quantitative estimate of drug-likeness (QED) is 0.418. The van der Waals surface area contributed by atoms with E-state index in [1.165, 1.54) is 0 Å². The van der Waals surface area contributed by atoms with Gasteiger partial charge < -0.3 is 15.0 Å². The first kappa shape index (κ1) is 24.2. The summed E-state index contributed by atoms with van der Waals surface area (Å²) in [6.07, 6.45) is 3.50. The number of hydrogen-bond donors (Lipinski definition) is 1. The van der Waals surface area contributed by atoms with E-state index in [9.17, 15) is 9.59 Å². The van der Waals surface area contributed by atoms with Crippen LogP contribution in [0.1, 0.15) is 29.8 Å². The Morgan fingerprint density at radius 1 is 1.11 bits per heavy atom. The van der Waals surface area contributed by atoms with Crippen molar-refractivity contribution in [2.75, 3.05) is 25.5 Å². The normalized spacial score (nSPS) is 11.4. The molecule has 0 aliphatic carbocycles. The van der Waals surface area contributed by atoms with Crippen LogP contribution in [-0.2, 0) is 7.05 Å². The standard InChI is InChI=1S/C27H31N5O3/c1-18(2)30(4)14-15-35-22-9-8-20-10-13-32(27(34)23(20)17-22)24-16-21(7-6-19(24)3)26(33)28-25-11-12-31(5)29-25/h6-13,16-18H,14-15H2,1-5H3,(H,28,29,33). The molecule has 0 aliphatic rings. The average molecular weight is 474 g/mol. The van der Waals surface area contributed by atoms with E-state index in [1.54, 1.807) is 53.0 Å². The number of likely N-dealkylation sites (N-methyl/N-ethyl adjacent to an activating group) is 1. The van der Waals surface area contributed by atoms with E-state index >= 15 is 0 Å². The molecule has 0 saturated carbocycles. The van der Waals surface area contributed by atoms with Crippen molar-refractivity contribution in [1.82, 2.24) is 19.2 Å². The molecule has 0 unspecified atom stereocenters. The number of pyridine rings is 1. The topological polar surface area (TPSA) is 81.4 Å². The van der Waals surface area contributed by atoms with Gasteiger partial charge in [-0.2, -0.15) is 5.10 Å². The minimum absolute atomic E-state index is 0.169. The van der Waals surface area contributed by atoms with Crippen LogP contribution >= 0.6 is 0 Å². The first-order chi connectivity index (χ1) is 16.7. The molecule has 0 saturated heterocycles. The van der Waals surface area contributed by atoms with Gasteiger partial charge in [-0.05, 0) is 69.1 Å². The molecule has 1 amide bonds. The third-order valence-corrected chi connectivity index (χ3v) is 6.16. The fourth-order valence-electron chi connectivity index (χ4n) is 3.74. The second-order valence-electron chi connectivity index (χ2n) is 8.99. The molecular weight excluding hydrogens is 442 g/mol. The number of ether oxygens (including phenoxy) is 1. The summed E-state index contributed by atoms with van der Waals surface area (Å²) in [4.78, 5) is 28.5. The molecule has 0 bridgehead atoms. The summed E-state index contributed by atoms with van der Waals surface area (Å²) in [5.41, 5.74) is 1.80. The number of anilines is 1. The third kappa shape index (κ3) is 5.44. The second kappa shape index (κ2) is 10.1. The summed E-state index contributed by atoms with van der Waals surface area (Å²) in [6.45, 7) is 7.52. The van der Waals surface area contributed by atoms with Crippen LogP contribution in [0.2, 0.25) is 0 Å². The number of carbonyl (C=O) groups excluding carboxylic acids is 1. The van der Waals surface area contributed by atoms with Crippen molar-refractivity contribution in [2.24, 2.45) is 7.05 Å². The van der Waals surface area contributed by atoms with Gasteiger partial charge in [-0.15, -0.1) is 0 Å². The lowest BCUT2D eigenvalue weighted by Crippen LogP contribution is -2.30. The fourth-order valence-corrected chi connectivity index (χ4v) is 3.74. The minimum Gasteiger partial charge on any atom is -0.492 e. The van der Waals surface area contributed by atoms with E-state index in [-0.39, 0.29) is 11.5 Å². The molecule has 2 heterocycles. The highest BCUT2D eigenvalue weighted by Crippen LogP contribution is 2.21. The third-order valence-electron chi connectivity index (χ3n) is 6.16. The molecule has 0 atom stereocenters. The molecule has 0 spiro atoms. The van der Waals surface area contributed by atoms with Gasteiger partial charge in [0.05, 0.1) is 11.1 Å². The van der Waals surface area contributed by atoms with Crippen molar-refractivity contribution in [2.45, 2.75) is 26.8 Å². The van der Waals surface area contributed by atoms with E-state index in [1.807, 2.05) is 31.2 Å². The molecule has 8 nitrogen and oxygen atoms in total. The maximum atomic E-state index is 13.5. The number of nitrogens with one attached hydrogen (secondary N) is 1. The highest BCUT2D eigenvalue weighted by molar-refractivity contribution is 6.04. The van der Waals surface area contributed by atoms with Gasteiger partial charge >= 0.3 is 0 Å². The molecule has 2 aromatic heterocycles. The molecule has 35 heavy (non-hydrogen) atoms. The zero-order chi connectivity index (χ0) is 25.1. The van der Waals surface area contributed by atoms with Gasteiger partial charge in [0.25, 0.3) is 11.5 Å². The van der Waals surface area contributed by atoms with Crippen LogP contribution in [0.25, 0.3) is 16.5 Å². The molecule has 0 radical (unpaired) electrons. The van der Waals surface area contributed by atoms with Gasteiger partial charge in [0.2, 0.25) is 0 Å². The van der Waals surface area contributed by atoms with E-state index in [0.29, 0.717) is 40.9 Å². The molecule has 1 N–H and O–H groups in total. The van der Waals surface area contributed by atoms with Crippen molar-refractivity contribution in [1.29, 1.82) is 0 Å². The van der Waals surface area contributed by atoms with Crippen molar-refractivity contribution < 1.29 is 9.53 Å². The maximum absolute atomic E-state index is 13.5. The lowest BCUT2D eigenvalue weighted by molar-refractivity contribution is 0.102. The number of amides is 1. The van der Waals surface area contributed by atoms with Gasteiger partial charge in [0.15, 0.2) is 5.82 Å². The van der Waals surface area contributed by atoms with E-state index in [2.05, 4.69) is 36.2 Å². The number of hydrogen-bond acceptors (Lipinski definition) is 5. The van der Waals surface area contributed by atoms with Crippen LogP contribution in [0.3, 0.4) is 0 Å². The molecular formula is C27H31N5O3. The summed E-state index contributed by atoms with van der Waals surface area (Å²) in [5.74, 6) is 0.833. The molecule has 4 aromatic rings. The Kier molecular flexibility index (Phi) is 7.02. The van der Waals surface area contributed by atoms with Crippen molar-refractivity contribution >= 4 is 22.5 Å². The molecule has 4 rings (SSSR count). The molecule has 0 fully saturated rings. The Morgan fingerprint density at radius 3 is 2.63 bits per heavy atom. The maximum Gasteiger partial charge on any atom is 0.263 e. The number of rotatable bonds is 8. The minimum atomic E-state index is -0.291. The van der Waals surface area contributed by atoms with Crippen LogP contribution in [0.15, 0.2) is 65.7 Å². The zero-order valence-corrected chi connectivity index (χ0v) is 20.8. The van der Waals surface area contributed by atoms with Gasteiger partial charge in [0.1, 0.15) is 12.4 Å². The summed E-state index contributed by atoms with van der Waals surface area (Å²) < 4.78 is 9.11. The van der Waals surface area contributed by atoms with Crippen LogP contribution < -0.4 is 15.6 Å². The Morgan fingerprint density at radius 2 is 1.91 bits per heavy atom. The SMILES string of the molecule is Cc1ccc(C(=O)Nc2ccn(C)n2)cc1-n1ccc2ccc(OCCN(C)C(C)C)cc2c1=O. The Bertz CT molecular complexity index is 1420. The molecule has 182 valence electrons. The summed E-state index contributed by atoms with van der Waals surface area (Å²) in [5, 5.41) is 8.36. The van der Waals surface area contributed by atoms with Crippen LogP contribution in [0.5, 0.6) is 5.75 Å². The van der Waals surface area contributed by atoms with Gasteiger partial charge in [-0.1, -0.05) is 12.1 Å². The van der Waals surface area contributed by atoms with Crippen LogP contribution in [-0.4, -0.2) is 51.4 Å². The summed E-state index contributed by atoms with van der Waals surface area (Å²) in [6, 6.07) is 14.9. The lowest BCUT2D eigenvalue weighted by Gasteiger charge is -2.20. The van der Waals surface area contributed by atoms with E-state index in [4.69, 9.17) is 4.74 Å².